The number of fused-ring (bicyclic) bond motifs is 5. The smallest absolute Gasteiger partial charge is 0.335 e. The summed E-state index contributed by atoms with van der Waals surface area (Å²) in [5.41, 5.74) is 8.75. The summed E-state index contributed by atoms with van der Waals surface area (Å²) < 4.78 is 0.270. The van der Waals surface area contributed by atoms with Crippen molar-refractivity contribution in [2.45, 2.75) is 24.7 Å². The highest BCUT2D eigenvalue weighted by Gasteiger charge is 2.44. The largest absolute Gasteiger partial charge is 0.478 e. The Morgan fingerprint density at radius 3 is 2.41 bits per heavy atom. The molecule has 2 amide bonds. The number of benzene rings is 2. The van der Waals surface area contributed by atoms with E-state index >= 15 is 0 Å². The second-order valence-electron chi connectivity index (χ2n) is 7.09. The Morgan fingerprint density at radius 1 is 1.03 bits per heavy atom. The molecule has 0 unspecified atom stereocenters. The van der Waals surface area contributed by atoms with Crippen molar-refractivity contribution in [2.24, 2.45) is 5.73 Å². The van der Waals surface area contributed by atoms with E-state index in [1.165, 1.54) is 12.1 Å². The minimum atomic E-state index is -1.21. The molecule has 0 aliphatic heterocycles. The minimum absolute atomic E-state index is 0.00870. The Morgan fingerprint density at radius 2 is 1.76 bits per heavy atom. The van der Waals surface area contributed by atoms with Gasteiger partial charge in [-0.1, -0.05) is 35.3 Å². The van der Waals surface area contributed by atoms with Gasteiger partial charge in [0.1, 0.15) is 4.49 Å². The van der Waals surface area contributed by atoms with Crippen LogP contribution in [0.3, 0.4) is 0 Å². The van der Waals surface area contributed by atoms with Gasteiger partial charge in [-0.3, -0.25) is 9.59 Å². The van der Waals surface area contributed by atoms with Crippen LogP contribution < -0.4 is 11.1 Å². The first-order chi connectivity index (χ1) is 13.8. The zero-order valence-corrected chi connectivity index (χ0v) is 16.6. The molecule has 2 aromatic rings. The van der Waals surface area contributed by atoms with Crippen LogP contribution >= 0.6 is 23.2 Å². The van der Waals surface area contributed by atoms with Gasteiger partial charge in [-0.05, 0) is 53.8 Å². The van der Waals surface area contributed by atoms with Gasteiger partial charge in [0.05, 0.1) is 16.7 Å². The Balaban J connectivity index is 1.72. The molecular formula is C21H16Cl2N2O4. The van der Waals surface area contributed by atoms with Crippen LogP contribution in [0.1, 0.15) is 66.9 Å². The van der Waals surface area contributed by atoms with Crippen LogP contribution in [-0.4, -0.2) is 22.9 Å². The maximum Gasteiger partial charge on any atom is 0.335 e. The number of halogens is 2. The van der Waals surface area contributed by atoms with Gasteiger partial charge in [-0.2, -0.15) is 0 Å². The first kappa shape index (κ1) is 19.5. The van der Waals surface area contributed by atoms with E-state index in [0.29, 0.717) is 5.69 Å². The summed E-state index contributed by atoms with van der Waals surface area (Å²) in [4.78, 5) is 35.8. The van der Waals surface area contributed by atoms with E-state index in [0.717, 1.165) is 35.6 Å². The topological polar surface area (TPSA) is 109 Å². The van der Waals surface area contributed by atoms with Gasteiger partial charge in [0.2, 0.25) is 5.91 Å². The third-order valence-corrected chi connectivity index (χ3v) is 6.04. The fourth-order valence-corrected chi connectivity index (χ4v) is 4.95. The van der Waals surface area contributed by atoms with Gasteiger partial charge >= 0.3 is 5.97 Å². The molecule has 1 fully saturated rings. The number of allylic oxidation sites excluding steroid dienone is 1. The second-order valence-corrected chi connectivity index (χ2v) is 8.04. The lowest BCUT2D eigenvalue weighted by Gasteiger charge is -2.19. The van der Waals surface area contributed by atoms with Crippen molar-refractivity contribution in [3.63, 3.8) is 0 Å². The molecular weight excluding hydrogens is 415 g/mol. The Labute approximate surface area is 176 Å². The van der Waals surface area contributed by atoms with Gasteiger partial charge in [-0.15, -0.1) is 0 Å². The maximum atomic E-state index is 12.9. The normalized spacial score (nSPS) is 19.0. The number of carboxylic acids is 1. The average Bonchev–Trinajstić information content (AvgIpc) is 3.25. The molecule has 0 heterocycles. The lowest BCUT2D eigenvalue weighted by Crippen LogP contribution is -2.22. The van der Waals surface area contributed by atoms with E-state index < -0.39 is 17.8 Å². The quantitative estimate of drug-likeness (QED) is 0.667. The van der Waals surface area contributed by atoms with E-state index in [2.05, 4.69) is 5.32 Å². The summed E-state index contributed by atoms with van der Waals surface area (Å²) in [5.74, 6) is -2.45. The summed E-state index contributed by atoms with van der Waals surface area (Å²) in [7, 11) is 0. The van der Waals surface area contributed by atoms with Crippen LogP contribution in [0.15, 0.2) is 46.5 Å². The van der Waals surface area contributed by atoms with E-state index in [-0.39, 0.29) is 33.0 Å². The monoisotopic (exact) mass is 430 g/mol. The molecule has 0 spiro atoms. The molecule has 4 rings (SSSR count). The molecule has 4 N–H and O–H groups in total. The van der Waals surface area contributed by atoms with E-state index in [9.17, 15) is 14.4 Å². The highest BCUT2D eigenvalue weighted by Crippen LogP contribution is 2.60. The highest BCUT2D eigenvalue weighted by molar-refractivity contribution is 6.56. The summed E-state index contributed by atoms with van der Waals surface area (Å²) in [6, 6.07) is 9.28. The first-order valence-electron chi connectivity index (χ1n) is 8.96. The molecule has 2 aromatic carbocycles. The van der Waals surface area contributed by atoms with Crippen LogP contribution in [0.2, 0.25) is 0 Å². The van der Waals surface area contributed by atoms with E-state index in [1.54, 1.807) is 6.07 Å². The lowest BCUT2D eigenvalue weighted by atomic mass is 9.90. The SMILES string of the molecule is NC(=O)c1cc(C(=O)O)ccc1C(=O)Nc1cccc2c1[C@H]1CC[C@@H]2C1=C(Cl)Cl. The number of nitrogens with two attached hydrogens (primary N) is 1. The molecule has 0 saturated heterocycles. The van der Waals surface area contributed by atoms with Gasteiger partial charge in [-0.25, -0.2) is 4.79 Å². The number of rotatable bonds is 4. The molecule has 6 nitrogen and oxygen atoms in total. The number of carboxylic acid groups (broad SMARTS) is 1. The average molecular weight is 431 g/mol. The number of nitrogens with one attached hydrogen (secondary N) is 1. The van der Waals surface area contributed by atoms with Gasteiger partial charge in [0.15, 0.2) is 0 Å². The first-order valence-corrected chi connectivity index (χ1v) is 9.71. The maximum absolute atomic E-state index is 12.9. The van der Waals surface area contributed by atoms with Crippen molar-refractivity contribution in [3.05, 3.63) is 74.3 Å². The molecule has 1 saturated carbocycles. The number of primary amides is 1. The number of anilines is 1. The zero-order chi connectivity index (χ0) is 20.9. The predicted octanol–water partition coefficient (Wildman–Crippen LogP) is 4.40. The van der Waals surface area contributed by atoms with Gasteiger partial charge in [0, 0.05) is 17.5 Å². The molecule has 2 bridgehead atoms. The molecule has 0 aromatic heterocycles. The molecule has 29 heavy (non-hydrogen) atoms. The van der Waals surface area contributed by atoms with Crippen molar-refractivity contribution in [2.75, 3.05) is 5.32 Å². The number of carbonyl (C=O) groups is 3. The molecule has 0 radical (unpaired) electrons. The summed E-state index contributed by atoms with van der Waals surface area (Å²) in [5, 5.41) is 12.0. The van der Waals surface area contributed by atoms with Crippen molar-refractivity contribution in [1.29, 1.82) is 0 Å². The molecule has 2 atom stereocenters. The number of hydrogen-bond acceptors (Lipinski definition) is 3. The Bertz CT molecular complexity index is 1110. The standard InChI is InChI=1S/C21H16Cl2N2O4/c22-18(23)17-11-6-7-13(17)16-10(11)2-1-3-15(16)25-20(27)12-5-4-9(21(28)29)8-14(12)19(24)26/h1-5,8,11,13H,6-7H2,(H2,24,26)(H,25,27)(H,28,29)/t11-,13+/m0/s1. The molecule has 8 heteroatoms. The fourth-order valence-electron chi connectivity index (χ4n) is 4.43. The van der Waals surface area contributed by atoms with E-state index in [4.69, 9.17) is 34.0 Å². The predicted molar refractivity (Wildman–Crippen MR) is 110 cm³/mol. The van der Waals surface area contributed by atoms with E-state index in [1.807, 2.05) is 12.1 Å². The summed E-state index contributed by atoms with van der Waals surface area (Å²) in [6.45, 7) is 0. The molecule has 2 aliphatic carbocycles. The number of amides is 2. The highest BCUT2D eigenvalue weighted by atomic mass is 35.5. The second kappa shape index (κ2) is 7.21. The van der Waals surface area contributed by atoms with Crippen LogP contribution in [0, 0.1) is 0 Å². The zero-order valence-electron chi connectivity index (χ0n) is 15.0. The third-order valence-electron chi connectivity index (χ3n) is 5.60. The summed E-state index contributed by atoms with van der Waals surface area (Å²) >= 11 is 12.2. The van der Waals surface area contributed by atoms with Crippen LogP contribution in [0.25, 0.3) is 0 Å². The third kappa shape index (κ3) is 3.18. The van der Waals surface area contributed by atoms with Crippen molar-refractivity contribution in [1.82, 2.24) is 0 Å². The Kier molecular flexibility index (Phi) is 4.84. The summed E-state index contributed by atoms with van der Waals surface area (Å²) in [6.07, 6.45) is 1.85. The lowest BCUT2D eigenvalue weighted by molar-refractivity contribution is 0.0696. The van der Waals surface area contributed by atoms with Crippen LogP contribution in [0.4, 0.5) is 5.69 Å². The number of aromatic carboxylic acids is 1. The Hall–Kier alpha value is -2.83. The number of hydrogen-bond donors (Lipinski definition) is 3. The molecule has 148 valence electrons. The van der Waals surface area contributed by atoms with Crippen LogP contribution in [0.5, 0.6) is 0 Å². The fraction of sp³-hybridized carbons (Fsp3) is 0.190. The van der Waals surface area contributed by atoms with Crippen molar-refractivity contribution < 1.29 is 19.5 Å². The minimum Gasteiger partial charge on any atom is -0.478 e. The molecule has 2 aliphatic rings. The van der Waals surface area contributed by atoms with Crippen molar-refractivity contribution in [3.8, 4) is 0 Å². The van der Waals surface area contributed by atoms with Gasteiger partial charge in [0.25, 0.3) is 5.91 Å². The number of carbonyl (C=O) groups excluding carboxylic acids is 2. The van der Waals surface area contributed by atoms with Crippen molar-refractivity contribution >= 4 is 46.7 Å². The van der Waals surface area contributed by atoms with Gasteiger partial charge < -0.3 is 16.2 Å². The van der Waals surface area contributed by atoms with Crippen LogP contribution in [-0.2, 0) is 0 Å².